The van der Waals surface area contributed by atoms with Crippen molar-refractivity contribution in [3.63, 3.8) is 0 Å². The number of hydrogen-bond acceptors (Lipinski definition) is 6. The largest absolute Gasteiger partial charge is 0.483 e. The number of carbonyl (C=O) groups excluding carboxylic acids is 2. The third-order valence-corrected chi connectivity index (χ3v) is 6.13. The normalized spacial score (nSPS) is 16.9. The number of fused-ring (bicyclic) bond motifs is 1. The van der Waals surface area contributed by atoms with Crippen LogP contribution in [0.4, 0.5) is 14.5 Å². The highest BCUT2D eigenvalue weighted by molar-refractivity contribution is 6.01. The van der Waals surface area contributed by atoms with Crippen LogP contribution < -0.4 is 14.4 Å². The van der Waals surface area contributed by atoms with E-state index in [9.17, 15) is 18.4 Å². The van der Waals surface area contributed by atoms with Gasteiger partial charge in [0, 0.05) is 42.9 Å². The predicted molar refractivity (Wildman–Crippen MR) is 128 cm³/mol. The summed E-state index contributed by atoms with van der Waals surface area (Å²) in [6.07, 6.45) is 1.84. The molecule has 1 fully saturated rings. The van der Waals surface area contributed by atoms with Gasteiger partial charge in [-0.1, -0.05) is 12.6 Å². The molecule has 2 aromatic carbocycles. The minimum absolute atomic E-state index is 0.0546. The van der Waals surface area contributed by atoms with Crippen LogP contribution in [-0.2, 0) is 11.3 Å². The lowest BCUT2D eigenvalue weighted by atomic mass is 10.1. The maximum absolute atomic E-state index is 13.8. The lowest BCUT2D eigenvalue weighted by Gasteiger charge is -2.22. The van der Waals surface area contributed by atoms with Gasteiger partial charge in [-0.15, -0.1) is 0 Å². The Bertz CT molecular complexity index is 1360. The topological polar surface area (TPSA) is 72.0 Å². The minimum atomic E-state index is -0.820. The van der Waals surface area contributed by atoms with Crippen LogP contribution in [0.2, 0.25) is 0 Å². The van der Waals surface area contributed by atoms with E-state index in [4.69, 9.17) is 9.47 Å². The van der Waals surface area contributed by atoms with Crippen LogP contribution in [0.3, 0.4) is 0 Å². The second-order valence-corrected chi connectivity index (χ2v) is 8.75. The smallest absolute Gasteiger partial charge is 0.254 e. The van der Waals surface area contributed by atoms with E-state index in [2.05, 4.69) is 11.6 Å². The summed E-state index contributed by atoms with van der Waals surface area (Å²) >= 11 is 0. The van der Waals surface area contributed by atoms with Gasteiger partial charge in [0.1, 0.15) is 23.5 Å². The molecule has 5 rings (SSSR count). The average Bonchev–Trinajstić information content (AvgIpc) is 3.35. The molecule has 0 radical (unpaired) electrons. The first-order valence-corrected chi connectivity index (χ1v) is 11.4. The van der Waals surface area contributed by atoms with Gasteiger partial charge in [-0.2, -0.15) is 0 Å². The number of anilines is 1. The van der Waals surface area contributed by atoms with Crippen molar-refractivity contribution in [3.8, 4) is 17.4 Å². The summed E-state index contributed by atoms with van der Waals surface area (Å²) < 4.78 is 38.3. The first-order chi connectivity index (χ1) is 17.3. The summed E-state index contributed by atoms with van der Waals surface area (Å²) in [5, 5.41) is 0. The number of carbonyl (C=O) groups is 2. The third kappa shape index (κ3) is 4.64. The van der Waals surface area contributed by atoms with Crippen LogP contribution >= 0.6 is 0 Å². The molecule has 0 spiro atoms. The molecule has 1 atom stereocenters. The SMILES string of the molecule is C=C1[C@H](Oc2ccc(Oc3ccc(F)cc3F)nc2)CCN1c1ccc2c(c1)C(=O)N(CC(C)=O)C2. The molecular formula is C27H23F2N3O4. The molecule has 1 amide bonds. The number of hydrogen-bond donors (Lipinski definition) is 0. The molecule has 0 unspecified atom stereocenters. The zero-order chi connectivity index (χ0) is 25.4. The fourth-order valence-corrected chi connectivity index (χ4v) is 4.40. The molecule has 0 aliphatic carbocycles. The maximum atomic E-state index is 13.8. The Kier molecular flexibility index (Phi) is 6.13. The van der Waals surface area contributed by atoms with Crippen molar-refractivity contribution in [2.45, 2.75) is 26.0 Å². The number of amides is 1. The lowest BCUT2D eigenvalue weighted by molar-refractivity contribution is -0.117. The van der Waals surface area contributed by atoms with Crippen molar-refractivity contribution < 1.29 is 27.8 Å². The molecule has 2 aliphatic rings. The highest BCUT2D eigenvalue weighted by Gasteiger charge is 2.32. The van der Waals surface area contributed by atoms with Crippen LogP contribution in [0.25, 0.3) is 0 Å². The first kappa shape index (κ1) is 23.5. The molecule has 184 valence electrons. The molecule has 2 aliphatic heterocycles. The molecule has 3 aromatic rings. The van der Waals surface area contributed by atoms with Crippen LogP contribution in [0, 0.1) is 11.6 Å². The summed E-state index contributed by atoms with van der Waals surface area (Å²) in [6, 6.07) is 11.9. The number of pyridine rings is 1. The fourth-order valence-electron chi connectivity index (χ4n) is 4.40. The molecule has 0 N–H and O–H groups in total. The van der Waals surface area contributed by atoms with Gasteiger partial charge in [-0.05, 0) is 42.8 Å². The second-order valence-electron chi connectivity index (χ2n) is 8.75. The van der Waals surface area contributed by atoms with Gasteiger partial charge in [0.15, 0.2) is 11.6 Å². The Balaban J connectivity index is 1.23. The van der Waals surface area contributed by atoms with Crippen molar-refractivity contribution in [2.75, 3.05) is 18.0 Å². The van der Waals surface area contributed by atoms with Gasteiger partial charge in [-0.25, -0.2) is 13.8 Å². The van der Waals surface area contributed by atoms with Crippen LogP contribution in [0.15, 0.2) is 67.0 Å². The van der Waals surface area contributed by atoms with E-state index in [-0.39, 0.29) is 36.0 Å². The standard InChI is InChI=1S/C27H23F2N3O4/c1-16(33)14-31-15-18-3-5-20(12-22(18)27(31)34)32-10-9-24(17(32)2)35-21-6-8-26(30-13-21)36-25-7-4-19(28)11-23(25)29/h3-8,11-13,24H,2,9-10,14-15H2,1H3/t24-/m1/s1. The Morgan fingerprint density at radius 2 is 2.00 bits per heavy atom. The van der Waals surface area contributed by atoms with Crippen molar-refractivity contribution >= 4 is 17.4 Å². The molecule has 9 heteroatoms. The number of nitrogens with zero attached hydrogens (tertiary/aromatic N) is 3. The monoisotopic (exact) mass is 491 g/mol. The highest BCUT2D eigenvalue weighted by Crippen LogP contribution is 2.34. The van der Waals surface area contributed by atoms with E-state index in [1.807, 2.05) is 23.1 Å². The van der Waals surface area contributed by atoms with E-state index >= 15 is 0 Å². The van der Waals surface area contributed by atoms with Crippen molar-refractivity contribution in [1.82, 2.24) is 9.88 Å². The molecule has 7 nitrogen and oxygen atoms in total. The number of benzene rings is 2. The van der Waals surface area contributed by atoms with Crippen molar-refractivity contribution in [3.05, 3.63) is 89.8 Å². The van der Waals surface area contributed by atoms with Crippen molar-refractivity contribution in [2.24, 2.45) is 0 Å². The quantitative estimate of drug-likeness (QED) is 0.470. The fraction of sp³-hybridized carbons (Fsp3) is 0.222. The Hall–Kier alpha value is -4.27. The van der Waals surface area contributed by atoms with Gasteiger partial charge in [0.05, 0.1) is 18.4 Å². The Morgan fingerprint density at radius 3 is 2.72 bits per heavy atom. The van der Waals surface area contributed by atoms with Gasteiger partial charge < -0.3 is 19.3 Å². The molecule has 0 bridgehead atoms. The van der Waals surface area contributed by atoms with Gasteiger partial charge in [0.25, 0.3) is 5.91 Å². The van der Waals surface area contributed by atoms with E-state index < -0.39 is 11.6 Å². The van der Waals surface area contributed by atoms with Crippen LogP contribution in [0.5, 0.6) is 17.4 Å². The number of ketones is 1. The van der Waals surface area contributed by atoms with E-state index in [0.717, 1.165) is 29.1 Å². The number of halogens is 2. The third-order valence-electron chi connectivity index (χ3n) is 6.13. The summed E-state index contributed by atoms with van der Waals surface area (Å²) in [4.78, 5) is 31.9. The molecule has 0 saturated carbocycles. The number of rotatable bonds is 7. The molecule has 1 aromatic heterocycles. The van der Waals surface area contributed by atoms with Gasteiger partial charge in [-0.3, -0.25) is 9.59 Å². The second kappa shape index (κ2) is 9.41. The van der Waals surface area contributed by atoms with E-state index in [1.54, 1.807) is 11.0 Å². The molecule has 3 heterocycles. The molecule has 36 heavy (non-hydrogen) atoms. The summed E-state index contributed by atoms with van der Waals surface area (Å²) in [5.74, 6) is -1.22. The predicted octanol–water partition coefficient (Wildman–Crippen LogP) is 4.87. The van der Waals surface area contributed by atoms with E-state index in [1.165, 1.54) is 25.3 Å². The highest BCUT2D eigenvalue weighted by atomic mass is 19.1. The number of ether oxygens (including phenoxy) is 2. The lowest BCUT2D eigenvalue weighted by Crippen LogP contribution is -2.28. The summed E-state index contributed by atoms with van der Waals surface area (Å²) in [7, 11) is 0. The summed E-state index contributed by atoms with van der Waals surface area (Å²) in [5.41, 5.74) is 3.08. The minimum Gasteiger partial charge on any atom is -0.483 e. The Labute approximate surface area is 206 Å². The Morgan fingerprint density at radius 1 is 1.17 bits per heavy atom. The van der Waals surface area contributed by atoms with Crippen molar-refractivity contribution in [1.29, 1.82) is 0 Å². The maximum Gasteiger partial charge on any atom is 0.254 e. The number of aromatic nitrogens is 1. The van der Waals surface area contributed by atoms with Crippen LogP contribution in [-0.4, -0.2) is 40.8 Å². The van der Waals surface area contributed by atoms with Gasteiger partial charge in [0.2, 0.25) is 5.88 Å². The summed E-state index contributed by atoms with van der Waals surface area (Å²) in [6.45, 7) is 6.85. The van der Waals surface area contributed by atoms with Crippen LogP contribution in [0.1, 0.15) is 29.3 Å². The zero-order valence-corrected chi connectivity index (χ0v) is 19.5. The number of Topliss-reactive ketones (excluding diaryl/α,β-unsaturated/α-hetero) is 1. The first-order valence-electron chi connectivity index (χ1n) is 11.4. The van der Waals surface area contributed by atoms with Gasteiger partial charge >= 0.3 is 0 Å². The van der Waals surface area contributed by atoms with E-state index in [0.29, 0.717) is 30.8 Å². The molecular weight excluding hydrogens is 468 g/mol. The molecule has 1 saturated heterocycles. The zero-order valence-electron chi connectivity index (χ0n) is 19.5. The average molecular weight is 491 g/mol.